The second-order valence-corrected chi connectivity index (χ2v) is 6.80. The number of nitrogens with one attached hydrogen (secondary N) is 1. The number of hydrogen-bond acceptors (Lipinski definition) is 6. The number of hydrogen-bond donors (Lipinski definition) is 1. The molecule has 0 bridgehead atoms. The minimum atomic E-state index is -3.61. The van der Waals surface area contributed by atoms with Crippen molar-refractivity contribution in [3.05, 3.63) is 60.2 Å². The van der Waals surface area contributed by atoms with E-state index in [2.05, 4.69) is 9.71 Å². The van der Waals surface area contributed by atoms with Crippen LogP contribution in [0, 0.1) is 0 Å². The zero-order valence-electron chi connectivity index (χ0n) is 13.2. The molecule has 0 aromatic heterocycles. The average molecular weight is 360 g/mol. The van der Waals surface area contributed by atoms with Crippen molar-refractivity contribution in [1.82, 2.24) is 4.72 Å². The first kappa shape index (κ1) is 17.0. The number of benzene rings is 2. The fraction of sp³-hybridized carbons (Fsp3) is 0.176. The van der Waals surface area contributed by atoms with E-state index in [1.54, 1.807) is 30.3 Å². The molecule has 1 aliphatic rings. The molecule has 0 saturated carbocycles. The minimum absolute atomic E-state index is 0.0842. The van der Waals surface area contributed by atoms with E-state index in [1.165, 1.54) is 6.07 Å². The van der Waals surface area contributed by atoms with Crippen LogP contribution < -0.4 is 9.46 Å². The second-order valence-electron chi connectivity index (χ2n) is 5.15. The summed E-state index contributed by atoms with van der Waals surface area (Å²) in [4.78, 5) is 15.9. The summed E-state index contributed by atoms with van der Waals surface area (Å²) in [6.45, 7) is 0.0280. The fourth-order valence-corrected chi connectivity index (χ4v) is 3.52. The number of amidine groups is 1. The molecule has 130 valence electrons. The molecule has 1 heterocycles. The van der Waals surface area contributed by atoms with Gasteiger partial charge in [-0.25, -0.2) is 8.42 Å². The molecule has 25 heavy (non-hydrogen) atoms. The van der Waals surface area contributed by atoms with Gasteiger partial charge in [0.25, 0.3) is 10.0 Å². The lowest BCUT2D eigenvalue weighted by Crippen LogP contribution is -2.23. The fourth-order valence-electron chi connectivity index (χ4n) is 2.27. The molecule has 1 aliphatic heterocycles. The van der Waals surface area contributed by atoms with Gasteiger partial charge in [0.2, 0.25) is 0 Å². The number of nitrogens with zero attached hydrogens (tertiary/aromatic N) is 1. The van der Waals surface area contributed by atoms with E-state index in [4.69, 9.17) is 9.47 Å². The van der Waals surface area contributed by atoms with Gasteiger partial charge in [-0.05, 0) is 24.3 Å². The molecular formula is C17H16N2O5S. The maximum atomic E-state index is 11.9. The lowest BCUT2D eigenvalue weighted by Gasteiger charge is -2.06. The third kappa shape index (κ3) is 4.16. The molecule has 7 nitrogen and oxygen atoms in total. The monoisotopic (exact) mass is 360 g/mol. The van der Waals surface area contributed by atoms with Crippen LogP contribution in [0.5, 0.6) is 5.75 Å². The van der Waals surface area contributed by atoms with E-state index in [0.29, 0.717) is 11.3 Å². The van der Waals surface area contributed by atoms with Crippen LogP contribution in [0.25, 0.3) is 0 Å². The maximum absolute atomic E-state index is 11.9. The number of aliphatic imine (C=N–C) groups is 1. The number of rotatable bonds is 6. The number of sulfonamides is 1. The van der Waals surface area contributed by atoms with Gasteiger partial charge in [0.1, 0.15) is 31.3 Å². The summed E-state index contributed by atoms with van der Waals surface area (Å²) in [6.07, 6.45) is 0. The molecule has 0 aliphatic carbocycles. The highest BCUT2D eigenvalue weighted by Gasteiger charge is 2.30. The zero-order chi connectivity index (χ0) is 17.7. The molecule has 0 saturated heterocycles. The Kier molecular flexibility index (Phi) is 4.99. The van der Waals surface area contributed by atoms with Gasteiger partial charge in [-0.2, -0.15) is 0 Å². The topological polar surface area (TPSA) is 94.1 Å². The normalized spacial score (nSPS) is 16.1. The lowest BCUT2D eigenvalue weighted by atomic mass is 10.2. The van der Waals surface area contributed by atoms with Crippen molar-refractivity contribution in [2.24, 2.45) is 4.99 Å². The summed E-state index contributed by atoms with van der Waals surface area (Å²) in [5, 5.41) is 0. The number of carbonyl (C=O) groups excluding carboxylic acids is 1. The summed E-state index contributed by atoms with van der Waals surface area (Å²) in [5.74, 6) is 0.275. The van der Waals surface area contributed by atoms with Crippen molar-refractivity contribution < 1.29 is 22.7 Å². The van der Waals surface area contributed by atoms with Crippen molar-refractivity contribution in [3.63, 3.8) is 0 Å². The molecule has 0 amide bonds. The molecule has 2 aromatic rings. The van der Waals surface area contributed by atoms with Crippen LogP contribution in [0.3, 0.4) is 0 Å². The van der Waals surface area contributed by atoms with Crippen LogP contribution in [0.4, 0.5) is 0 Å². The van der Waals surface area contributed by atoms with Gasteiger partial charge in [-0.1, -0.05) is 30.3 Å². The molecular weight excluding hydrogens is 344 g/mol. The van der Waals surface area contributed by atoms with Crippen molar-refractivity contribution in [2.75, 3.05) is 19.8 Å². The Labute approximate surface area is 145 Å². The van der Waals surface area contributed by atoms with Gasteiger partial charge in [0, 0.05) is 5.56 Å². The van der Waals surface area contributed by atoms with Gasteiger partial charge < -0.3 is 9.47 Å². The SMILES string of the molecule is O=C(CN=C1NS(=O)(=O)c2ccccc21)OCCOc1ccccc1. The summed E-state index contributed by atoms with van der Waals surface area (Å²) in [7, 11) is -3.61. The van der Waals surface area contributed by atoms with Crippen LogP contribution in [0.1, 0.15) is 5.56 Å². The quantitative estimate of drug-likeness (QED) is 0.620. The van der Waals surface area contributed by atoms with Crippen LogP contribution in [0.2, 0.25) is 0 Å². The Morgan fingerprint density at radius 2 is 1.72 bits per heavy atom. The van der Waals surface area contributed by atoms with Gasteiger partial charge >= 0.3 is 5.97 Å². The second kappa shape index (κ2) is 7.35. The van der Waals surface area contributed by atoms with Crippen LogP contribution in [-0.2, 0) is 19.6 Å². The van der Waals surface area contributed by atoms with Gasteiger partial charge in [0.05, 0.1) is 4.90 Å². The number of esters is 1. The Hall–Kier alpha value is -2.87. The predicted molar refractivity (Wildman–Crippen MR) is 91.1 cm³/mol. The molecule has 0 fully saturated rings. The van der Waals surface area contributed by atoms with E-state index in [9.17, 15) is 13.2 Å². The Morgan fingerprint density at radius 1 is 1.00 bits per heavy atom. The first-order valence-corrected chi connectivity index (χ1v) is 9.05. The van der Waals surface area contributed by atoms with E-state index >= 15 is 0 Å². The molecule has 1 N–H and O–H groups in total. The summed E-state index contributed by atoms with van der Waals surface area (Å²) in [6, 6.07) is 15.6. The van der Waals surface area contributed by atoms with Gasteiger partial charge in [-0.15, -0.1) is 0 Å². The van der Waals surface area contributed by atoms with E-state index in [-0.39, 0.29) is 30.5 Å². The number of ether oxygens (including phenoxy) is 2. The first-order valence-electron chi connectivity index (χ1n) is 7.56. The standard InChI is InChI=1S/C17H16N2O5S/c20-16(24-11-10-23-13-6-2-1-3-7-13)12-18-17-14-8-4-5-9-15(14)25(21,22)19-17/h1-9H,10-12H2,(H,18,19). The van der Waals surface area contributed by atoms with Crippen LogP contribution >= 0.6 is 0 Å². The lowest BCUT2D eigenvalue weighted by molar-refractivity contribution is -0.142. The third-order valence-electron chi connectivity index (χ3n) is 3.39. The van der Waals surface area contributed by atoms with Crippen molar-refractivity contribution >= 4 is 21.8 Å². The summed E-state index contributed by atoms with van der Waals surface area (Å²) < 4.78 is 36.6. The van der Waals surface area contributed by atoms with Crippen molar-refractivity contribution in [1.29, 1.82) is 0 Å². The first-order chi connectivity index (χ1) is 12.1. The molecule has 3 rings (SSSR count). The van der Waals surface area contributed by atoms with Gasteiger partial charge in [0.15, 0.2) is 0 Å². The smallest absolute Gasteiger partial charge is 0.327 e. The van der Waals surface area contributed by atoms with Gasteiger partial charge in [-0.3, -0.25) is 14.5 Å². The molecule has 0 atom stereocenters. The summed E-state index contributed by atoms with van der Waals surface area (Å²) >= 11 is 0. The third-order valence-corrected chi connectivity index (χ3v) is 4.78. The van der Waals surface area contributed by atoms with E-state index in [0.717, 1.165) is 0 Å². The average Bonchev–Trinajstić information content (AvgIpc) is 2.89. The highest BCUT2D eigenvalue weighted by Crippen LogP contribution is 2.21. The Balaban J connectivity index is 1.50. The molecule has 2 aromatic carbocycles. The van der Waals surface area contributed by atoms with E-state index in [1.807, 2.05) is 18.2 Å². The zero-order valence-corrected chi connectivity index (χ0v) is 14.0. The van der Waals surface area contributed by atoms with E-state index < -0.39 is 16.0 Å². The number of carbonyl (C=O) groups is 1. The molecule has 0 radical (unpaired) electrons. The molecule has 0 spiro atoms. The van der Waals surface area contributed by atoms with Crippen molar-refractivity contribution in [2.45, 2.75) is 4.90 Å². The number of fused-ring (bicyclic) bond motifs is 1. The molecule has 8 heteroatoms. The highest BCUT2D eigenvalue weighted by atomic mass is 32.2. The van der Waals surface area contributed by atoms with Crippen LogP contribution in [-0.4, -0.2) is 40.0 Å². The Bertz CT molecular complexity index is 894. The van der Waals surface area contributed by atoms with Crippen LogP contribution in [0.15, 0.2) is 64.5 Å². The van der Waals surface area contributed by atoms with Crippen molar-refractivity contribution in [3.8, 4) is 5.75 Å². The predicted octanol–water partition coefficient (Wildman–Crippen LogP) is 1.35. The Morgan fingerprint density at radius 3 is 2.52 bits per heavy atom. The minimum Gasteiger partial charge on any atom is -0.490 e. The maximum Gasteiger partial charge on any atom is 0.327 e. The number of para-hydroxylation sites is 1. The molecule has 0 unspecified atom stereocenters. The highest BCUT2D eigenvalue weighted by molar-refractivity contribution is 7.90. The largest absolute Gasteiger partial charge is 0.490 e. The summed E-state index contributed by atoms with van der Waals surface area (Å²) in [5.41, 5.74) is 0.447.